The molecule has 36 heavy (non-hydrogen) atoms. The van der Waals surface area contributed by atoms with E-state index < -0.39 is 103 Å². The molecule has 0 unspecified atom stereocenters. The number of rotatable bonds is 3. The van der Waals surface area contributed by atoms with Gasteiger partial charge in [-0.3, -0.25) is 20.2 Å². The topological polar surface area (TPSA) is 111 Å². The number of alkyl halides is 12. The summed E-state index contributed by atoms with van der Waals surface area (Å²) in [4.78, 5) is 17.6. The largest absolute Gasteiger partial charge is 0.443 e. The molecular weight excluding hydrogens is 567 g/mol. The molecule has 0 radical (unpaired) electrons. The monoisotopic (exact) mass is 570 g/mol. The van der Waals surface area contributed by atoms with Crippen LogP contribution in [0.1, 0.15) is 5.56 Å². The Bertz CT molecular complexity index is 1120. The average molecular weight is 570 g/mol. The van der Waals surface area contributed by atoms with Gasteiger partial charge >= 0.3 is 24.7 Å². The standard InChI is InChI=1S/C14H3F13N4O4S/c15-7(12(19,20)21)8-10(13(22,23)24,14(25,26)27)29-9(36-8)28-6-4(30(32)33)1-3(11(16,17)18)2-5(6)31(34)35/h1-2H,(H,28,29)/b8-7+. The van der Waals surface area contributed by atoms with Crippen LogP contribution < -0.4 is 5.32 Å². The number of halogens is 13. The first-order chi connectivity index (χ1) is 15.9. The van der Waals surface area contributed by atoms with E-state index in [-0.39, 0.29) is 0 Å². The molecule has 1 heterocycles. The van der Waals surface area contributed by atoms with Gasteiger partial charge in [0.1, 0.15) is 0 Å². The molecule has 0 fully saturated rings. The normalized spacial score (nSPS) is 18.1. The van der Waals surface area contributed by atoms with Crippen molar-refractivity contribution in [2.75, 3.05) is 5.32 Å². The quantitative estimate of drug-likeness (QED) is 0.248. The summed E-state index contributed by atoms with van der Waals surface area (Å²) in [5.74, 6) is -3.92. The summed E-state index contributed by atoms with van der Waals surface area (Å²) in [6.45, 7) is 0. The summed E-state index contributed by atoms with van der Waals surface area (Å²) in [5.41, 5.74) is -13.6. The van der Waals surface area contributed by atoms with Crippen LogP contribution in [0.2, 0.25) is 0 Å². The second kappa shape index (κ2) is 8.65. The van der Waals surface area contributed by atoms with Crippen molar-refractivity contribution in [3.8, 4) is 0 Å². The van der Waals surface area contributed by atoms with Crippen LogP contribution in [-0.4, -0.2) is 39.1 Å². The number of thioether (sulfide) groups is 1. The zero-order chi connectivity index (χ0) is 28.2. The Hall–Kier alpha value is -3.33. The van der Waals surface area contributed by atoms with E-state index in [1.807, 2.05) is 4.99 Å². The van der Waals surface area contributed by atoms with Gasteiger partial charge in [0.15, 0.2) is 10.9 Å². The maximum absolute atomic E-state index is 13.8. The molecular formula is C14H3F13N4O4S. The predicted molar refractivity (Wildman–Crippen MR) is 92.4 cm³/mol. The first kappa shape index (κ1) is 28.9. The molecule has 0 bridgehead atoms. The van der Waals surface area contributed by atoms with E-state index in [9.17, 15) is 77.3 Å². The van der Waals surface area contributed by atoms with Crippen molar-refractivity contribution in [3.05, 3.63) is 48.7 Å². The molecule has 0 aromatic heterocycles. The van der Waals surface area contributed by atoms with Crippen molar-refractivity contribution in [3.63, 3.8) is 0 Å². The van der Waals surface area contributed by atoms with E-state index in [0.29, 0.717) is 0 Å². The molecule has 1 aromatic rings. The van der Waals surface area contributed by atoms with Crippen molar-refractivity contribution in [1.29, 1.82) is 0 Å². The van der Waals surface area contributed by atoms with Crippen LogP contribution in [0.4, 0.5) is 74.1 Å². The minimum Gasteiger partial charge on any atom is -0.323 e. The fourth-order valence-corrected chi connectivity index (χ4v) is 3.78. The van der Waals surface area contributed by atoms with Crippen LogP contribution in [0, 0.1) is 20.2 Å². The number of allylic oxidation sites excluding steroid dienone is 1. The van der Waals surface area contributed by atoms with Crippen LogP contribution in [0.3, 0.4) is 0 Å². The molecule has 22 heteroatoms. The molecule has 0 spiro atoms. The highest BCUT2D eigenvalue weighted by Gasteiger charge is 2.77. The highest BCUT2D eigenvalue weighted by Crippen LogP contribution is 2.60. The second-order valence-corrected chi connectivity index (χ2v) is 7.39. The van der Waals surface area contributed by atoms with Gasteiger partial charge in [-0.25, -0.2) is 9.38 Å². The number of hydrogen-bond donors (Lipinski definition) is 1. The number of amidine groups is 1. The van der Waals surface area contributed by atoms with Crippen LogP contribution in [0.25, 0.3) is 0 Å². The third-order valence-corrected chi connectivity index (χ3v) is 5.18. The number of nitro groups is 2. The average Bonchev–Trinajstić information content (AvgIpc) is 3.05. The summed E-state index contributed by atoms with van der Waals surface area (Å²) in [7, 11) is 0. The van der Waals surface area contributed by atoms with Gasteiger partial charge in [-0.15, -0.1) is 0 Å². The van der Waals surface area contributed by atoms with Crippen molar-refractivity contribution >= 4 is 34.0 Å². The van der Waals surface area contributed by atoms with Gasteiger partial charge in [-0.2, -0.15) is 52.7 Å². The van der Waals surface area contributed by atoms with E-state index in [2.05, 4.69) is 0 Å². The first-order valence-corrected chi connectivity index (χ1v) is 8.96. The molecule has 200 valence electrons. The van der Waals surface area contributed by atoms with Crippen molar-refractivity contribution in [2.45, 2.75) is 30.2 Å². The first-order valence-electron chi connectivity index (χ1n) is 8.14. The lowest BCUT2D eigenvalue weighted by atomic mass is 9.97. The zero-order valence-electron chi connectivity index (χ0n) is 16.0. The van der Waals surface area contributed by atoms with Gasteiger partial charge in [0.2, 0.25) is 5.83 Å². The molecule has 0 saturated heterocycles. The van der Waals surface area contributed by atoms with Crippen molar-refractivity contribution < 1.29 is 66.9 Å². The highest BCUT2D eigenvalue weighted by atomic mass is 32.2. The van der Waals surface area contributed by atoms with Gasteiger partial charge in [0, 0.05) is 12.1 Å². The van der Waals surface area contributed by atoms with Gasteiger partial charge in [-0.1, -0.05) is 11.8 Å². The molecule has 0 atom stereocenters. The number of benzene rings is 1. The summed E-state index contributed by atoms with van der Waals surface area (Å²) in [5, 5.41) is 21.4. The summed E-state index contributed by atoms with van der Waals surface area (Å²) in [6, 6.07) is -0.799. The number of nitro benzene ring substituents is 2. The Balaban J connectivity index is 2.89. The number of nitrogens with zero attached hydrogens (tertiary/aromatic N) is 3. The number of nitrogens with one attached hydrogen (secondary N) is 1. The Labute approximate surface area is 191 Å². The molecule has 8 nitrogen and oxygen atoms in total. The summed E-state index contributed by atoms with van der Waals surface area (Å²) in [6.07, 6.45) is -25.5. The Morgan fingerprint density at radius 2 is 1.28 bits per heavy atom. The van der Waals surface area contributed by atoms with Gasteiger partial charge in [0.05, 0.1) is 20.3 Å². The maximum Gasteiger partial charge on any atom is 0.443 e. The minimum atomic E-state index is -6.82. The van der Waals surface area contributed by atoms with Crippen molar-refractivity contribution in [2.24, 2.45) is 4.99 Å². The van der Waals surface area contributed by atoms with Crippen LogP contribution in [0.5, 0.6) is 0 Å². The SMILES string of the molecule is O=[N+]([O-])c1cc(C(F)(F)F)cc([N+](=O)[O-])c1NC1=NC(C(F)(F)F)(C(F)(F)F)/C(=C(\F)C(F)(F)F)S1. The highest BCUT2D eigenvalue weighted by molar-refractivity contribution is 8.17. The Morgan fingerprint density at radius 3 is 1.58 bits per heavy atom. The van der Waals surface area contributed by atoms with E-state index in [4.69, 9.17) is 0 Å². The van der Waals surface area contributed by atoms with Gasteiger partial charge in [-0.05, 0) is 0 Å². The molecule has 1 aromatic carbocycles. The van der Waals surface area contributed by atoms with E-state index >= 15 is 0 Å². The van der Waals surface area contributed by atoms with Gasteiger partial charge < -0.3 is 5.32 Å². The molecule has 0 saturated carbocycles. The molecule has 0 aliphatic carbocycles. The summed E-state index contributed by atoms with van der Waals surface area (Å²) >= 11 is -1.33. The molecule has 2 rings (SSSR count). The fourth-order valence-electron chi connectivity index (χ4n) is 2.63. The Kier molecular flexibility index (Phi) is 6.95. The van der Waals surface area contributed by atoms with E-state index in [1.165, 1.54) is 0 Å². The molecule has 0 amide bonds. The number of anilines is 1. The molecule has 1 aliphatic rings. The predicted octanol–water partition coefficient (Wildman–Crippen LogP) is 6.64. The lowest BCUT2D eigenvalue weighted by molar-refractivity contribution is -0.392. The molecule has 1 aliphatic heterocycles. The van der Waals surface area contributed by atoms with E-state index in [0.717, 1.165) is 5.32 Å². The minimum absolute atomic E-state index is 0.399. The van der Waals surface area contributed by atoms with Crippen LogP contribution in [0.15, 0.2) is 27.9 Å². The van der Waals surface area contributed by atoms with Gasteiger partial charge in [0.25, 0.3) is 16.9 Å². The lowest BCUT2D eigenvalue weighted by Crippen LogP contribution is -2.55. The van der Waals surface area contributed by atoms with E-state index in [1.54, 1.807) is 0 Å². The number of hydrogen-bond acceptors (Lipinski definition) is 7. The smallest absolute Gasteiger partial charge is 0.323 e. The number of aliphatic imine (C=N–C) groups is 1. The zero-order valence-corrected chi connectivity index (χ0v) is 16.8. The summed E-state index contributed by atoms with van der Waals surface area (Å²) < 4.78 is 171. The third kappa shape index (κ3) is 4.97. The van der Waals surface area contributed by atoms with Crippen LogP contribution in [-0.2, 0) is 6.18 Å². The van der Waals surface area contributed by atoms with Crippen LogP contribution >= 0.6 is 11.8 Å². The fraction of sp³-hybridized carbons (Fsp3) is 0.357. The second-order valence-electron chi connectivity index (χ2n) is 6.39. The third-order valence-electron chi connectivity index (χ3n) is 4.11. The van der Waals surface area contributed by atoms with Crippen molar-refractivity contribution in [1.82, 2.24) is 0 Å². The molecule has 1 N–H and O–H groups in total. The maximum atomic E-state index is 13.8. The Morgan fingerprint density at radius 1 is 0.861 bits per heavy atom. The lowest BCUT2D eigenvalue weighted by Gasteiger charge is -2.31.